The molecule has 0 bridgehead atoms. The molecule has 174 valence electrons. The zero-order valence-corrected chi connectivity index (χ0v) is 20.8. The minimum absolute atomic E-state index is 0.203. The Morgan fingerprint density at radius 2 is 1.82 bits per heavy atom. The van der Waals surface area contributed by atoms with Crippen LogP contribution in [0, 0.1) is 13.8 Å². The minimum Gasteiger partial charge on any atom is -0.495 e. The highest BCUT2D eigenvalue weighted by Crippen LogP contribution is 2.32. The van der Waals surface area contributed by atoms with E-state index in [1.807, 2.05) is 29.7 Å². The molecular formula is C25H24ClN5O2S. The molecule has 1 amide bonds. The number of carbonyl (C=O) groups excluding carboxylic acids is 1. The van der Waals surface area contributed by atoms with E-state index >= 15 is 0 Å². The quantitative estimate of drug-likeness (QED) is 0.331. The standard InChI is InChI=1S/C25H24ClN5O2S/c1-15-5-7-20(13-16(15)2)31-23(18-9-11-27-12-10-18)29-30-25(31)34-17(3)24(32)28-21-14-19(26)6-8-22(21)33-4/h5-14,17H,1-4H3,(H,28,32). The summed E-state index contributed by atoms with van der Waals surface area (Å²) in [5.74, 6) is 1.01. The molecule has 2 aromatic carbocycles. The zero-order chi connectivity index (χ0) is 24.2. The lowest BCUT2D eigenvalue weighted by Gasteiger charge is -2.16. The van der Waals surface area contributed by atoms with Gasteiger partial charge in [0.05, 0.1) is 23.7 Å². The van der Waals surface area contributed by atoms with E-state index in [1.165, 1.54) is 17.3 Å². The molecule has 4 rings (SSSR count). The Morgan fingerprint density at radius 1 is 1.06 bits per heavy atom. The molecule has 2 aromatic heterocycles. The van der Waals surface area contributed by atoms with Crippen LogP contribution in [0.3, 0.4) is 0 Å². The maximum absolute atomic E-state index is 13.0. The number of aryl methyl sites for hydroxylation is 2. The number of anilines is 1. The van der Waals surface area contributed by atoms with Gasteiger partial charge in [0.2, 0.25) is 5.91 Å². The lowest BCUT2D eigenvalue weighted by Crippen LogP contribution is -2.23. The van der Waals surface area contributed by atoms with Gasteiger partial charge in [-0.15, -0.1) is 10.2 Å². The third kappa shape index (κ3) is 5.08. The molecule has 0 spiro atoms. The van der Waals surface area contributed by atoms with Crippen LogP contribution in [0.15, 0.2) is 66.1 Å². The molecule has 0 saturated heterocycles. The van der Waals surface area contributed by atoms with Gasteiger partial charge in [-0.25, -0.2) is 0 Å². The van der Waals surface area contributed by atoms with E-state index in [2.05, 4.69) is 46.5 Å². The number of carbonyl (C=O) groups is 1. The SMILES string of the molecule is COc1ccc(Cl)cc1NC(=O)C(C)Sc1nnc(-c2ccncc2)n1-c1ccc(C)c(C)c1. The van der Waals surface area contributed by atoms with E-state index in [1.54, 1.807) is 37.7 Å². The highest BCUT2D eigenvalue weighted by atomic mass is 35.5. The molecule has 7 nitrogen and oxygen atoms in total. The van der Waals surface area contributed by atoms with Crippen LogP contribution in [0.1, 0.15) is 18.1 Å². The molecule has 0 aliphatic rings. The van der Waals surface area contributed by atoms with E-state index in [-0.39, 0.29) is 5.91 Å². The summed E-state index contributed by atoms with van der Waals surface area (Å²) in [6, 6.07) is 15.0. The van der Waals surface area contributed by atoms with E-state index in [0.29, 0.717) is 27.4 Å². The Labute approximate surface area is 207 Å². The fraction of sp³-hybridized carbons (Fsp3) is 0.200. The number of nitrogens with one attached hydrogen (secondary N) is 1. The van der Waals surface area contributed by atoms with Gasteiger partial charge in [-0.1, -0.05) is 29.4 Å². The van der Waals surface area contributed by atoms with Crippen LogP contribution in [0.25, 0.3) is 17.1 Å². The smallest absolute Gasteiger partial charge is 0.237 e. The van der Waals surface area contributed by atoms with Crippen LogP contribution in [-0.4, -0.2) is 38.0 Å². The number of rotatable bonds is 7. The molecule has 1 N–H and O–H groups in total. The summed E-state index contributed by atoms with van der Waals surface area (Å²) in [5, 5.41) is 12.4. The number of methoxy groups -OCH3 is 1. The Bertz CT molecular complexity index is 1330. The van der Waals surface area contributed by atoms with Gasteiger partial charge >= 0.3 is 0 Å². The molecule has 1 unspecified atom stereocenters. The van der Waals surface area contributed by atoms with Crippen molar-refractivity contribution in [2.45, 2.75) is 31.2 Å². The van der Waals surface area contributed by atoms with Crippen LogP contribution >= 0.6 is 23.4 Å². The van der Waals surface area contributed by atoms with Crippen LogP contribution < -0.4 is 10.1 Å². The molecule has 0 aliphatic carbocycles. The second-order valence-electron chi connectivity index (χ2n) is 7.74. The van der Waals surface area contributed by atoms with Gasteiger partial charge in [-0.3, -0.25) is 14.3 Å². The maximum Gasteiger partial charge on any atom is 0.237 e. The van der Waals surface area contributed by atoms with Crippen molar-refractivity contribution < 1.29 is 9.53 Å². The Balaban J connectivity index is 1.66. The van der Waals surface area contributed by atoms with Crippen molar-refractivity contribution in [2.24, 2.45) is 0 Å². The van der Waals surface area contributed by atoms with Gasteiger partial charge in [0.1, 0.15) is 5.75 Å². The monoisotopic (exact) mass is 493 g/mol. The van der Waals surface area contributed by atoms with Gasteiger partial charge in [-0.05, 0) is 74.4 Å². The number of ether oxygens (including phenoxy) is 1. The summed E-state index contributed by atoms with van der Waals surface area (Å²) >= 11 is 7.43. The molecule has 4 aromatic rings. The second kappa shape index (κ2) is 10.3. The number of halogens is 1. The van der Waals surface area contributed by atoms with Crippen molar-refractivity contribution >= 4 is 35.0 Å². The number of hydrogen-bond acceptors (Lipinski definition) is 6. The van der Waals surface area contributed by atoms with Gasteiger partial charge in [0, 0.05) is 23.0 Å². The average Bonchev–Trinajstić information content (AvgIpc) is 3.25. The van der Waals surface area contributed by atoms with E-state index < -0.39 is 5.25 Å². The van der Waals surface area contributed by atoms with Crippen molar-refractivity contribution in [3.05, 3.63) is 77.1 Å². The fourth-order valence-corrected chi connectivity index (χ4v) is 4.40. The van der Waals surface area contributed by atoms with Crippen LogP contribution in [0.5, 0.6) is 5.75 Å². The third-order valence-electron chi connectivity index (χ3n) is 5.39. The third-order valence-corrected chi connectivity index (χ3v) is 6.67. The van der Waals surface area contributed by atoms with E-state index in [0.717, 1.165) is 16.8 Å². The molecule has 34 heavy (non-hydrogen) atoms. The normalized spacial score (nSPS) is 11.8. The van der Waals surface area contributed by atoms with E-state index in [9.17, 15) is 4.79 Å². The first-order chi connectivity index (χ1) is 16.4. The van der Waals surface area contributed by atoms with Crippen LogP contribution in [-0.2, 0) is 4.79 Å². The van der Waals surface area contributed by atoms with Crippen LogP contribution in [0.2, 0.25) is 5.02 Å². The second-order valence-corrected chi connectivity index (χ2v) is 9.48. The number of hydrogen-bond donors (Lipinski definition) is 1. The lowest BCUT2D eigenvalue weighted by molar-refractivity contribution is -0.115. The first kappa shape index (κ1) is 23.8. The number of aromatic nitrogens is 4. The number of nitrogens with zero attached hydrogens (tertiary/aromatic N) is 4. The molecular weight excluding hydrogens is 470 g/mol. The summed E-state index contributed by atoms with van der Waals surface area (Å²) in [7, 11) is 1.55. The fourth-order valence-electron chi connectivity index (χ4n) is 3.36. The molecule has 0 radical (unpaired) electrons. The summed E-state index contributed by atoms with van der Waals surface area (Å²) in [6.07, 6.45) is 3.44. The average molecular weight is 494 g/mol. The first-order valence-corrected chi connectivity index (χ1v) is 11.9. The molecule has 9 heteroatoms. The number of pyridine rings is 1. The first-order valence-electron chi connectivity index (χ1n) is 10.6. The zero-order valence-electron chi connectivity index (χ0n) is 19.2. The summed E-state index contributed by atoms with van der Waals surface area (Å²) in [5.41, 5.74) is 4.67. The summed E-state index contributed by atoms with van der Waals surface area (Å²) < 4.78 is 7.31. The summed E-state index contributed by atoms with van der Waals surface area (Å²) in [6.45, 7) is 5.96. The minimum atomic E-state index is -0.469. The highest BCUT2D eigenvalue weighted by molar-refractivity contribution is 8.00. The topological polar surface area (TPSA) is 81.9 Å². The molecule has 0 saturated carbocycles. The lowest BCUT2D eigenvalue weighted by atomic mass is 10.1. The largest absolute Gasteiger partial charge is 0.495 e. The molecule has 2 heterocycles. The Morgan fingerprint density at radius 3 is 2.53 bits per heavy atom. The van der Waals surface area contributed by atoms with Crippen molar-refractivity contribution in [1.29, 1.82) is 0 Å². The predicted molar refractivity (Wildman–Crippen MR) is 136 cm³/mol. The van der Waals surface area contributed by atoms with Crippen LogP contribution in [0.4, 0.5) is 5.69 Å². The molecule has 0 fully saturated rings. The highest BCUT2D eigenvalue weighted by Gasteiger charge is 2.23. The van der Waals surface area contributed by atoms with Gasteiger partial charge in [-0.2, -0.15) is 0 Å². The Hall–Kier alpha value is -3.36. The molecule has 0 aliphatic heterocycles. The van der Waals surface area contributed by atoms with Gasteiger partial charge in [0.15, 0.2) is 11.0 Å². The molecule has 1 atom stereocenters. The predicted octanol–water partition coefficient (Wildman–Crippen LogP) is 5.73. The van der Waals surface area contributed by atoms with E-state index in [4.69, 9.17) is 16.3 Å². The summed E-state index contributed by atoms with van der Waals surface area (Å²) in [4.78, 5) is 17.1. The van der Waals surface area contributed by atoms with Gasteiger partial charge in [0.25, 0.3) is 0 Å². The Kier molecular flexibility index (Phi) is 7.19. The number of thioether (sulfide) groups is 1. The maximum atomic E-state index is 13.0. The van der Waals surface area contributed by atoms with Crippen molar-refractivity contribution in [3.63, 3.8) is 0 Å². The van der Waals surface area contributed by atoms with Gasteiger partial charge < -0.3 is 10.1 Å². The number of benzene rings is 2. The number of amides is 1. The van der Waals surface area contributed by atoms with Crippen molar-refractivity contribution in [1.82, 2.24) is 19.7 Å². The van der Waals surface area contributed by atoms with Crippen molar-refractivity contribution in [3.8, 4) is 22.8 Å². The van der Waals surface area contributed by atoms with Crippen molar-refractivity contribution in [2.75, 3.05) is 12.4 Å².